The van der Waals surface area contributed by atoms with E-state index in [2.05, 4.69) is 0 Å². The van der Waals surface area contributed by atoms with Crippen molar-refractivity contribution >= 4 is 40.6 Å². The number of nitrogens with zero attached hydrogens (tertiary/aromatic N) is 2. The first-order valence-electron chi connectivity index (χ1n) is 6.94. The minimum Gasteiger partial charge on any atom is -0.379 e. The normalized spacial score (nSPS) is 21.9. The van der Waals surface area contributed by atoms with Crippen LogP contribution in [0, 0.1) is 0 Å². The molecule has 0 aliphatic carbocycles. The highest BCUT2D eigenvalue weighted by atomic mass is 35.5. The van der Waals surface area contributed by atoms with Gasteiger partial charge in [-0.1, -0.05) is 23.7 Å². The Morgan fingerprint density at radius 1 is 1.18 bits per heavy atom. The topological polar surface area (TPSA) is 49.9 Å². The lowest BCUT2D eigenvalue weighted by atomic mass is 10.2. The molecule has 2 saturated heterocycles. The molecular weight excluding hydrogens is 324 g/mol. The van der Waals surface area contributed by atoms with Crippen LogP contribution in [-0.2, 0) is 9.53 Å². The fraction of sp³-hybridized carbons (Fsp3) is 0.333. The van der Waals surface area contributed by atoms with E-state index in [0.717, 1.165) is 30.4 Å². The lowest BCUT2D eigenvalue weighted by molar-refractivity contribution is -0.125. The highest BCUT2D eigenvalue weighted by Gasteiger charge is 2.36. The average molecular weight is 339 g/mol. The van der Waals surface area contributed by atoms with Crippen LogP contribution in [0.1, 0.15) is 5.56 Å². The molecular formula is C15H15ClN2O3S. The van der Waals surface area contributed by atoms with Gasteiger partial charge >= 0.3 is 0 Å². The van der Waals surface area contributed by atoms with Crippen molar-refractivity contribution in [3.05, 3.63) is 39.8 Å². The van der Waals surface area contributed by atoms with Crippen LogP contribution < -0.4 is 0 Å². The van der Waals surface area contributed by atoms with Crippen molar-refractivity contribution < 1.29 is 14.3 Å². The number of benzene rings is 1. The van der Waals surface area contributed by atoms with Crippen LogP contribution in [0.3, 0.4) is 0 Å². The molecule has 0 radical (unpaired) electrons. The SMILES string of the molecule is O=C1S/C(=C\c2ccc(Cl)cc2)C(=O)N1CN1CCOCC1. The molecule has 7 heteroatoms. The molecule has 2 aliphatic rings. The Kier molecular flexibility index (Phi) is 4.83. The second-order valence-corrected chi connectivity index (χ2v) is 6.46. The van der Waals surface area contributed by atoms with Crippen LogP contribution >= 0.6 is 23.4 Å². The van der Waals surface area contributed by atoms with Gasteiger partial charge in [0, 0.05) is 18.1 Å². The van der Waals surface area contributed by atoms with E-state index in [-0.39, 0.29) is 11.1 Å². The summed E-state index contributed by atoms with van der Waals surface area (Å²) in [6.45, 7) is 3.07. The summed E-state index contributed by atoms with van der Waals surface area (Å²) in [6, 6.07) is 7.15. The molecule has 2 aliphatic heterocycles. The van der Waals surface area contributed by atoms with E-state index in [1.807, 2.05) is 17.0 Å². The van der Waals surface area contributed by atoms with Crippen molar-refractivity contribution in [2.24, 2.45) is 0 Å². The number of rotatable bonds is 3. The van der Waals surface area contributed by atoms with Crippen LogP contribution in [0.25, 0.3) is 6.08 Å². The van der Waals surface area contributed by atoms with Crippen molar-refractivity contribution in [2.45, 2.75) is 0 Å². The first-order valence-corrected chi connectivity index (χ1v) is 8.14. The van der Waals surface area contributed by atoms with Crippen LogP contribution in [0.2, 0.25) is 5.02 Å². The summed E-state index contributed by atoms with van der Waals surface area (Å²) < 4.78 is 5.27. The van der Waals surface area contributed by atoms with Gasteiger partial charge in [-0.15, -0.1) is 0 Å². The molecule has 0 atom stereocenters. The van der Waals surface area contributed by atoms with Gasteiger partial charge in [0.25, 0.3) is 11.1 Å². The van der Waals surface area contributed by atoms with E-state index in [4.69, 9.17) is 16.3 Å². The number of halogens is 1. The molecule has 1 aromatic carbocycles. The Bertz CT molecular complexity index is 612. The minimum atomic E-state index is -0.239. The maximum Gasteiger partial charge on any atom is 0.294 e. The highest BCUT2D eigenvalue weighted by molar-refractivity contribution is 8.18. The maximum atomic E-state index is 12.4. The summed E-state index contributed by atoms with van der Waals surface area (Å²) in [5, 5.41) is 0.411. The average Bonchev–Trinajstić information content (AvgIpc) is 2.78. The Hall–Kier alpha value is -1.34. The Morgan fingerprint density at radius 3 is 2.55 bits per heavy atom. The molecule has 1 aromatic rings. The van der Waals surface area contributed by atoms with E-state index in [9.17, 15) is 9.59 Å². The monoisotopic (exact) mass is 338 g/mol. The second kappa shape index (κ2) is 6.83. The summed E-state index contributed by atoms with van der Waals surface area (Å²) in [5.74, 6) is -0.239. The van der Waals surface area contributed by atoms with E-state index >= 15 is 0 Å². The molecule has 0 unspecified atom stereocenters. The van der Waals surface area contributed by atoms with E-state index in [0.29, 0.717) is 29.8 Å². The van der Waals surface area contributed by atoms with Crippen LogP contribution in [0.5, 0.6) is 0 Å². The minimum absolute atomic E-state index is 0.225. The maximum absolute atomic E-state index is 12.4. The van der Waals surface area contributed by atoms with Gasteiger partial charge in [0.2, 0.25) is 0 Å². The van der Waals surface area contributed by atoms with Gasteiger partial charge in [-0.05, 0) is 35.5 Å². The molecule has 3 rings (SSSR count). The third-order valence-electron chi connectivity index (χ3n) is 3.49. The summed E-state index contributed by atoms with van der Waals surface area (Å²) in [6.07, 6.45) is 1.72. The fourth-order valence-corrected chi connectivity index (χ4v) is 3.23. The van der Waals surface area contributed by atoms with Gasteiger partial charge in [-0.25, -0.2) is 0 Å². The quantitative estimate of drug-likeness (QED) is 0.793. The first-order chi connectivity index (χ1) is 10.6. The third-order valence-corrected chi connectivity index (χ3v) is 4.65. The summed E-state index contributed by atoms with van der Waals surface area (Å²) >= 11 is 6.82. The number of carbonyl (C=O) groups excluding carboxylic acids is 2. The van der Waals surface area contributed by atoms with E-state index in [1.165, 1.54) is 4.90 Å². The number of thioether (sulfide) groups is 1. The molecule has 22 heavy (non-hydrogen) atoms. The molecule has 116 valence electrons. The van der Waals surface area contributed by atoms with Crippen LogP contribution in [0.15, 0.2) is 29.2 Å². The molecule has 5 nitrogen and oxygen atoms in total. The lowest BCUT2D eigenvalue weighted by Gasteiger charge is -2.29. The summed E-state index contributed by atoms with van der Waals surface area (Å²) in [5.41, 5.74) is 0.848. The zero-order valence-electron chi connectivity index (χ0n) is 11.8. The van der Waals surface area contributed by atoms with Gasteiger partial charge in [-0.3, -0.25) is 19.4 Å². The molecule has 2 heterocycles. The van der Waals surface area contributed by atoms with Crippen LogP contribution in [-0.4, -0.2) is 53.9 Å². The molecule has 0 N–H and O–H groups in total. The van der Waals surface area contributed by atoms with E-state index in [1.54, 1.807) is 18.2 Å². The third kappa shape index (κ3) is 3.52. The summed E-state index contributed by atoms with van der Waals surface area (Å²) in [4.78, 5) is 28.2. The molecule has 0 aromatic heterocycles. The molecule has 0 saturated carbocycles. The number of imide groups is 1. The summed E-state index contributed by atoms with van der Waals surface area (Å²) in [7, 11) is 0. The molecule has 0 spiro atoms. The zero-order chi connectivity index (χ0) is 15.5. The van der Waals surface area contributed by atoms with E-state index < -0.39 is 0 Å². The van der Waals surface area contributed by atoms with Crippen molar-refractivity contribution in [1.82, 2.24) is 9.80 Å². The number of morpholine rings is 1. The van der Waals surface area contributed by atoms with Crippen molar-refractivity contribution in [1.29, 1.82) is 0 Å². The van der Waals surface area contributed by atoms with Gasteiger partial charge in [-0.2, -0.15) is 0 Å². The Morgan fingerprint density at radius 2 is 1.86 bits per heavy atom. The van der Waals surface area contributed by atoms with Gasteiger partial charge in [0.15, 0.2) is 0 Å². The number of carbonyl (C=O) groups is 2. The fourth-order valence-electron chi connectivity index (χ4n) is 2.27. The van der Waals surface area contributed by atoms with Crippen molar-refractivity contribution in [3.8, 4) is 0 Å². The smallest absolute Gasteiger partial charge is 0.294 e. The Balaban J connectivity index is 1.71. The number of hydrogen-bond acceptors (Lipinski definition) is 5. The Labute approximate surface area is 137 Å². The zero-order valence-corrected chi connectivity index (χ0v) is 13.4. The molecule has 2 amide bonds. The first kappa shape index (κ1) is 15.6. The highest BCUT2D eigenvalue weighted by Crippen LogP contribution is 2.32. The molecule has 0 bridgehead atoms. The van der Waals surface area contributed by atoms with Crippen LogP contribution in [0.4, 0.5) is 4.79 Å². The molecule has 2 fully saturated rings. The lowest BCUT2D eigenvalue weighted by Crippen LogP contribution is -2.45. The second-order valence-electron chi connectivity index (χ2n) is 5.03. The number of ether oxygens (including phenoxy) is 1. The standard InChI is InChI=1S/C15H15ClN2O3S/c16-12-3-1-11(2-4-12)9-13-14(19)18(15(20)22-13)10-17-5-7-21-8-6-17/h1-4,9H,5-8,10H2/b13-9-. The van der Waals surface area contributed by atoms with Crippen molar-refractivity contribution in [2.75, 3.05) is 33.0 Å². The van der Waals surface area contributed by atoms with Gasteiger partial charge in [0.05, 0.1) is 24.8 Å². The predicted molar refractivity (Wildman–Crippen MR) is 86.5 cm³/mol. The predicted octanol–water partition coefficient (Wildman–Crippen LogP) is 2.67. The van der Waals surface area contributed by atoms with Gasteiger partial charge in [0.1, 0.15) is 0 Å². The van der Waals surface area contributed by atoms with Crippen molar-refractivity contribution in [3.63, 3.8) is 0 Å². The number of amides is 2. The number of hydrogen-bond donors (Lipinski definition) is 0. The van der Waals surface area contributed by atoms with Gasteiger partial charge < -0.3 is 4.74 Å². The largest absolute Gasteiger partial charge is 0.379 e.